The number of rotatable bonds is 9. The van der Waals surface area contributed by atoms with Crippen LogP contribution in [0, 0.1) is 0 Å². The summed E-state index contributed by atoms with van der Waals surface area (Å²) >= 11 is 0. The van der Waals surface area contributed by atoms with Gasteiger partial charge in [0.1, 0.15) is 5.82 Å². The Morgan fingerprint density at radius 1 is 1.21 bits per heavy atom. The minimum atomic E-state index is -3.55. The van der Waals surface area contributed by atoms with Gasteiger partial charge in [0.2, 0.25) is 15.9 Å². The molecule has 0 atom stereocenters. The van der Waals surface area contributed by atoms with Gasteiger partial charge < -0.3 is 9.88 Å². The fraction of sp³-hybridized carbons (Fsp3) is 0.522. The second-order valence-electron chi connectivity index (χ2n) is 9.36. The maximum absolute atomic E-state index is 12.6. The van der Waals surface area contributed by atoms with Crippen molar-refractivity contribution in [3.63, 3.8) is 0 Å². The van der Waals surface area contributed by atoms with Gasteiger partial charge in [-0.2, -0.15) is 5.10 Å². The molecule has 33 heavy (non-hydrogen) atoms. The lowest BCUT2D eigenvalue weighted by Gasteiger charge is -2.18. The van der Waals surface area contributed by atoms with Crippen molar-refractivity contribution in [2.45, 2.75) is 70.4 Å². The van der Waals surface area contributed by atoms with Crippen LogP contribution in [0.5, 0.6) is 0 Å². The molecule has 3 aromatic rings. The Labute approximate surface area is 195 Å². The molecule has 0 spiro atoms. The summed E-state index contributed by atoms with van der Waals surface area (Å²) in [6, 6.07) is 5.03. The van der Waals surface area contributed by atoms with Crippen LogP contribution in [0.3, 0.4) is 0 Å². The molecule has 0 fully saturated rings. The Kier molecular flexibility index (Phi) is 7.28. The highest BCUT2D eigenvalue weighted by atomic mass is 32.2. The van der Waals surface area contributed by atoms with E-state index in [9.17, 15) is 13.2 Å². The first-order valence-electron chi connectivity index (χ1n) is 11.2. The van der Waals surface area contributed by atoms with Crippen molar-refractivity contribution in [2.75, 3.05) is 19.4 Å². The number of aryl methyl sites for hydroxylation is 2. The number of anilines is 1. The molecule has 180 valence electrons. The number of hydrogen-bond donors (Lipinski definition) is 1. The second kappa shape index (κ2) is 9.64. The smallest absolute Gasteiger partial charge is 0.242 e. The molecule has 0 radical (unpaired) electrons. The van der Waals surface area contributed by atoms with E-state index in [1.807, 2.05) is 31.6 Å². The highest BCUT2D eigenvalue weighted by Gasteiger charge is 2.20. The first-order chi connectivity index (χ1) is 15.4. The van der Waals surface area contributed by atoms with Gasteiger partial charge in [-0.15, -0.1) is 0 Å². The molecule has 2 aromatic heterocycles. The van der Waals surface area contributed by atoms with Gasteiger partial charge in [0.15, 0.2) is 0 Å². The largest absolute Gasteiger partial charge is 0.328 e. The third-order valence-corrected chi connectivity index (χ3v) is 7.25. The van der Waals surface area contributed by atoms with Crippen molar-refractivity contribution < 1.29 is 13.2 Å². The van der Waals surface area contributed by atoms with Crippen molar-refractivity contribution >= 4 is 32.7 Å². The number of carbonyl (C=O) groups excluding carboxylic acids is 1. The quantitative estimate of drug-likeness (QED) is 0.510. The van der Waals surface area contributed by atoms with Crippen LogP contribution in [0.2, 0.25) is 0 Å². The summed E-state index contributed by atoms with van der Waals surface area (Å²) in [6.45, 7) is 9.01. The fourth-order valence-electron chi connectivity index (χ4n) is 3.49. The van der Waals surface area contributed by atoms with E-state index >= 15 is 0 Å². The first kappa shape index (κ1) is 24.9. The SMILES string of the molecule is CCCCn1c(CCC(=O)Nc2cnn(C(C)(C)C)c2)nc2cc(S(=O)(=O)N(C)C)ccc21. The van der Waals surface area contributed by atoms with E-state index in [2.05, 4.69) is 21.9 Å². The number of carbonyl (C=O) groups is 1. The van der Waals surface area contributed by atoms with E-state index in [0.29, 0.717) is 17.6 Å². The normalized spacial score (nSPS) is 12.6. The number of aromatic nitrogens is 4. The van der Waals surface area contributed by atoms with Gasteiger partial charge in [0, 0.05) is 39.7 Å². The monoisotopic (exact) mass is 474 g/mol. The Morgan fingerprint density at radius 2 is 1.94 bits per heavy atom. The summed E-state index contributed by atoms with van der Waals surface area (Å²) in [6.07, 6.45) is 6.17. The van der Waals surface area contributed by atoms with Gasteiger partial charge in [-0.05, 0) is 45.4 Å². The maximum Gasteiger partial charge on any atom is 0.242 e. The predicted molar refractivity (Wildman–Crippen MR) is 130 cm³/mol. The Hall–Kier alpha value is -2.72. The van der Waals surface area contributed by atoms with Crippen LogP contribution in [0.1, 0.15) is 52.8 Å². The van der Waals surface area contributed by atoms with Crippen molar-refractivity contribution in [3.8, 4) is 0 Å². The summed E-state index contributed by atoms with van der Waals surface area (Å²) in [5.41, 5.74) is 2.00. The molecule has 1 aromatic carbocycles. The molecule has 0 bridgehead atoms. The molecule has 9 nitrogen and oxygen atoms in total. The zero-order valence-electron chi connectivity index (χ0n) is 20.3. The number of amides is 1. The Bertz CT molecular complexity index is 1230. The highest BCUT2D eigenvalue weighted by molar-refractivity contribution is 7.89. The van der Waals surface area contributed by atoms with Crippen molar-refractivity contribution in [3.05, 3.63) is 36.4 Å². The molecule has 1 N–H and O–H groups in total. The number of nitrogens with one attached hydrogen (secondary N) is 1. The zero-order chi connectivity index (χ0) is 24.4. The average Bonchev–Trinajstić information content (AvgIpc) is 3.34. The Balaban J connectivity index is 1.80. The van der Waals surface area contributed by atoms with Crippen LogP contribution >= 0.6 is 0 Å². The van der Waals surface area contributed by atoms with Gasteiger partial charge in [-0.25, -0.2) is 17.7 Å². The standard InChI is InChI=1S/C23H34N6O3S/c1-7-8-13-28-20-10-9-18(33(31,32)27(5)6)14-19(20)26-21(28)11-12-22(30)25-17-15-24-29(16-17)23(2,3)4/h9-10,14-16H,7-8,11-13H2,1-6H3,(H,25,30). The maximum atomic E-state index is 12.6. The number of imidazole rings is 1. The minimum Gasteiger partial charge on any atom is -0.328 e. The number of benzene rings is 1. The molecule has 0 saturated carbocycles. The molecule has 0 aliphatic carbocycles. The van der Waals surface area contributed by atoms with Crippen molar-refractivity contribution in [2.24, 2.45) is 0 Å². The number of nitrogens with zero attached hydrogens (tertiary/aromatic N) is 5. The van der Waals surface area contributed by atoms with Gasteiger partial charge >= 0.3 is 0 Å². The Morgan fingerprint density at radius 3 is 2.55 bits per heavy atom. The molecule has 2 heterocycles. The zero-order valence-corrected chi connectivity index (χ0v) is 21.1. The van der Waals surface area contributed by atoms with E-state index in [4.69, 9.17) is 4.98 Å². The summed E-state index contributed by atoms with van der Waals surface area (Å²) in [4.78, 5) is 17.5. The summed E-state index contributed by atoms with van der Waals surface area (Å²) in [5.74, 6) is 0.659. The van der Waals surface area contributed by atoms with Crippen LogP contribution < -0.4 is 5.32 Å². The summed E-state index contributed by atoms with van der Waals surface area (Å²) in [7, 11) is -0.529. The molecule has 0 aliphatic rings. The topological polar surface area (TPSA) is 102 Å². The van der Waals surface area contributed by atoms with Gasteiger partial charge in [0.25, 0.3) is 0 Å². The van der Waals surface area contributed by atoms with Gasteiger partial charge in [0.05, 0.1) is 33.4 Å². The van der Waals surface area contributed by atoms with E-state index < -0.39 is 10.0 Å². The fourth-order valence-corrected chi connectivity index (χ4v) is 4.41. The molecular formula is C23H34N6O3S. The van der Waals surface area contributed by atoms with Gasteiger partial charge in [-0.3, -0.25) is 9.48 Å². The lowest BCUT2D eigenvalue weighted by Crippen LogP contribution is -2.22. The first-order valence-corrected chi connectivity index (χ1v) is 12.6. The van der Waals surface area contributed by atoms with E-state index in [0.717, 1.165) is 30.7 Å². The summed E-state index contributed by atoms with van der Waals surface area (Å²) in [5, 5.41) is 7.21. The predicted octanol–water partition coefficient (Wildman–Crippen LogP) is 3.61. The highest BCUT2D eigenvalue weighted by Crippen LogP contribution is 2.23. The molecule has 1 amide bonds. The minimum absolute atomic E-state index is 0.117. The van der Waals surface area contributed by atoms with Gasteiger partial charge in [-0.1, -0.05) is 13.3 Å². The molecular weight excluding hydrogens is 440 g/mol. The molecule has 3 rings (SSSR count). The van der Waals surface area contributed by atoms with Crippen LogP contribution in [0.4, 0.5) is 5.69 Å². The van der Waals surface area contributed by atoms with Crippen LogP contribution in [0.25, 0.3) is 11.0 Å². The van der Waals surface area contributed by atoms with Crippen molar-refractivity contribution in [1.82, 2.24) is 23.6 Å². The molecule has 0 unspecified atom stereocenters. The van der Waals surface area contributed by atoms with Crippen molar-refractivity contribution in [1.29, 1.82) is 0 Å². The molecule has 0 saturated heterocycles. The third-order valence-electron chi connectivity index (χ3n) is 5.44. The van der Waals surface area contributed by atoms with E-state index in [1.165, 1.54) is 18.4 Å². The number of unbranched alkanes of at least 4 members (excludes halogenated alkanes) is 1. The second-order valence-corrected chi connectivity index (χ2v) is 11.5. The molecule has 10 heteroatoms. The van der Waals surface area contributed by atoms with Crippen LogP contribution in [-0.4, -0.2) is 52.1 Å². The summed E-state index contributed by atoms with van der Waals surface area (Å²) < 4.78 is 30.1. The third kappa shape index (κ3) is 5.62. The molecule has 0 aliphatic heterocycles. The van der Waals surface area contributed by atoms with E-state index in [1.54, 1.807) is 24.4 Å². The number of hydrogen-bond acceptors (Lipinski definition) is 5. The average molecular weight is 475 g/mol. The van der Waals surface area contributed by atoms with Crippen LogP contribution in [0.15, 0.2) is 35.5 Å². The number of fused-ring (bicyclic) bond motifs is 1. The number of sulfonamides is 1. The lowest BCUT2D eigenvalue weighted by molar-refractivity contribution is -0.116. The van der Waals surface area contributed by atoms with E-state index in [-0.39, 0.29) is 22.8 Å². The lowest BCUT2D eigenvalue weighted by atomic mass is 10.1. The van der Waals surface area contributed by atoms with Crippen LogP contribution in [-0.2, 0) is 33.3 Å².